The molecule has 0 amide bonds. The monoisotopic (exact) mass is 308 g/mol. The Morgan fingerprint density at radius 1 is 1.43 bits per heavy atom. The maximum Gasteiger partial charge on any atom is 0.122 e. The van der Waals surface area contributed by atoms with E-state index in [1.807, 2.05) is 23.6 Å². The summed E-state index contributed by atoms with van der Waals surface area (Å²) in [6, 6.07) is 5.70. The predicted octanol–water partition coefficient (Wildman–Crippen LogP) is 4.31. The zero-order chi connectivity index (χ0) is 10.1. The quantitative estimate of drug-likeness (QED) is 0.876. The summed E-state index contributed by atoms with van der Waals surface area (Å²) < 4.78 is 1.52. The molecule has 0 fully saturated rings. The third-order valence-electron chi connectivity index (χ3n) is 1.75. The zero-order valence-corrected chi connectivity index (χ0v) is 10.9. The van der Waals surface area contributed by atoms with Gasteiger partial charge in [-0.15, -0.1) is 22.7 Å². The molecule has 0 aliphatic rings. The number of aliphatic hydroxyl groups is 1. The SMILES string of the molecule is OC(c1cccs1)c1cc(Br)c(Cl)s1. The minimum absolute atomic E-state index is 0.552. The van der Waals surface area contributed by atoms with Gasteiger partial charge in [-0.05, 0) is 33.4 Å². The highest BCUT2D eigenvalue weighted by Gasteiger charge is 2.15. The van der Waals surface area contributed by atoms with E-state index in [-0.39, 0.29) is 0 Å². The highest BCUT2D eigenvalue weighted by Crippen LogP contribution is 2.38. The van der Waals surface area contributed by atoms with E-state index in [0.717, 1.165) is 14.2 Å². The van der Waals surface area contributed by atoms with Gasteiger partial charge in [-0.2, -0.15) is 0 Å². The van der Waals surface area contributed by atoms with Crippen LogP contribution in [0.2, 0.25) is 4.34 Å². The van der Waals surface area contributed by atoms with Gasteiger partial charge in [0.2, 0.25) is 0 Å². The lowest BCUT2D eigenvalue weighted by Gasteiger charge is -2.03. The summed E-state index contributed by atoms with van der Waals surface area (Å²) in [6.07, 6.45) is -0.552. The van der Waals surface area contributed by atoms with Crippen LogP contribution in [0.1, 0.15) is 15.9 Å². The van der Waals surface area contributed by atoms with Gasteiger partial charge in [0.15, 0.2) is 0 Å². The van der Waals surface area contributed by atoms with Crippen molar-refractivity contribution < 1.29 is 5.11 Å². The van der Waals surface area contributed by atoms with Crippen LogP contribution in [0.25, 0.3) is 0 Å². The lowest BCUT2D eigenvalue weighted by molar-refractivity contribution is 0.228. The summed E-state index contributed by atoms with van der Waals surface area (Å²) in [5.74, 6) is 0. The average Bonchev–Trinajstić information content (AvgIpc) is 2.76. The Morgan fingerprint density at radius 3 is 2.71 bits per heavy atom. The van der Waals surface area contributed by atoms with Crippen molar-refractivity contribution in [3.05, 3.63) is 42.1 Å². The van der Waals surface area contributed by atoms with Gasteiger partial charge in [0, 0.05) is 14.2 Å². The molecule has 0 aromatic carbocycles. The van der Waals surface area contributed by atoms with E-state index in [1.54, 1.807) is 0 Å². The van der Waals surface area contributed by atoms with E-state index in [4.69, 9.17) is 11.6 Å². The first-order valence-corrected chi connectivity index (χ1v) is 6.71. The van der Waals surface area contributed by atoms with Crippen LogP contribution in [0.5, 0.6) is 0 Å². The second kappa shape index (κ2) is 4.33. The highest BCUT2D eigenvalue weighted by atomic mass is 79.9. The molecule has 1 unspecified atom stereocenters. The van der Waals surface area contributed by atoms with Crippen molar-refractivity contribution in [3.8, 4) is 0 Å². The first-order chi connectivity index (χ1) is 6.68. The normalized spacial score (nSPS) is 13.1. The van der Waals surface area contributed by atoms with Crippen molar-refractivity contribution in [1.82, 2.24) is 0 Å². The fourth-order valence-corrected chi connectivity index (χ4v) is 3.63. The number of hydrogen-bond acceptors (Lipinski definition) is 3. The Bertz CT molecular complexity index is 404. The van der Waals surface area contributed by atoms with Crippen LogP contribution < -0.4 is 0 Å². The Labute approximate surface area is 103 Å². The molecular formula is C9H6BrClOS2. The second-order valence-corrected chi connectivity index (χ2v) is 6.21. The number of thiophene rings is 2. The predicted molar refractivity (Wildman–Crippen MR) is 65.4 cm³/mol. The first kappa shape index (κ1) is 10.6. The highest BCUT2D eigenvalue weighted by molar-refractivity contribution is 9.10. The molecule has 74 valence electrons. The van der Waals surface area contributed by atoms with Gasteiger partial charge in [-0.3, -0.25) is 0 Å². The number of rotatable bonds is 2. The van der Waals surface area contributed by atoms with Crippen LogP contribution in [0.3, 0.4) is 0 Å². The summed E-state index contributed by atoms with van der Waals surface area (Å²) >= 11 is 12.2. The Kier molecular flexibility index (Phi) is 3.29. The van der Waals surface area contributed by atoms with E-state index in [1.165, 1.54) is 22.7 Å². The molecular weight excluding hydrogens is 304 g/mol. The zero-order valence-electron chi connectivity index (χ0n) is 6.91. The number of aliphatic hydroxyl groups excluding tert-OH is 1. The van der Waals surface area contributed by atoms with Gasteiger partial charge in [0.25, 0.3) is 0 Å². The standard InChI is InChI=1S/C9H6BrClOS2/c10-5-4-7(14-9(5)11)8(12)6-2-1-3-13-6/h1-4,8,12H. The van der Waals surface area contributed by atoms with E-state index in [2.05, 4.69) is 15.9 Å². The van der Waals surface area contributed by atoms with Crippen LogP contribution in [0, 0.1) is 0 Å². The smallest absolute Gasteiger partial charge is 0.122 e. The van der Waals surface area contributed by atoms with E-state index in [0.29, 0.717) is 4.34 Å². The first-order valence-electron chi connectivity index (χ1n) is 3.84. The molecule has 0 saturated heterocycles. The van der Waals surface area contributed by atoms with Gasteiger partial charge < -0.3 is 5.11 Å². The largest absolute Gasteiger partial charge is 0.382 e. The molecule has 1 atom stereocenters. The van der Waals surface area contributed by atoms with Crippen LogP contribution in [-0.4, -0.2) is 5.11 Å². The van der Waals surface area contributed by atoms with Crippen LogP contribution in [0.15, 0.2) is 28.1 Å². The molecule has 0 bridgehead atoms. The second-order valence-electron chi connectivity index (χ2n) is 2.69. The Balaban J connectivity index is 2.32. The summed E-state index contributed by atoms with van der Waals surface area (Å²) in [5.41, 5.74) is 0. The van der Waals surface area contributed by atoms with Crippen molar-refractivity contribution in [3.63, 3.8) is 0 Å². The minimum Gasteiger partial charge on any atom is -0.382 e. The fraction of sp³-hybridized carbons (Fsp3) is 0.111. The Morgan fingerprint density at radius 2 is 2.21 bits per heavy atom. The van der Waals surface area contributed by atoms with Crippen molar-refractivity contribution in [2.24, 2.45) is 0 Å². The van der Waals surface area contributed by atoms with Gasteiger partial charge >= 0.3 is 0 Å². The molecule has 0 aliphatic carbocycles. The molecule has 14 heavy (non-hydrogen) atoms. The van der Waals surface area contributed by atoms with Crippen LogP contribution >= 0.6 is 50.2 Å². The van der Waals surface area contributed by atoms with Gasteiger partial charge in [0.05, 0.1) is 0 Å². The van der Waals surface area contributed by atoms with Gasteiger partial charge in [-0.25, -0.2) is 0 Å². The fourth-order valence-electron chi connectivity index (χ4n) is 1.09. The summed E-state index contributed by atoms with van der Waals surface area (Å²) in [4.78, 5) is 1.81. The molecule has 2 aromatic rings. The van der Waals surface area contributed by atoms with E-state index < -0.39 is 6.10 Å². The maximum atomic E-state index is 9.96. The van der Waals surface area contributed by atoms with Crippen molar-refractivity contribution in [2.75, 3.05) is 0 Å². The topological polar surface area (TPSA) is 20.2 Å². The maximum absolute atomic E-state index is 9.96. The third-order valence-corrected chi connectivity index (χ3v) is 5.20. The molecule has 2 aromatic heterocycles. The van der Waals surface area contributed by atoms with Crippen molar-refractivity contribution >= 4 is 50.2 Å². The molecule has 2 heterocycles. The lowest BCUT2D eigenvalue weighted by atomic mass is 10.2. The van der Waals surface area contributed by atoms with E-state index >= 15 is 0 Å². The average molecular weight is 310 g/mol. The Hall–Kier alpha value is 0.130. The third kappa shape index (κ3) is 2.04. The molecule has 0 spiro atoms. The van der Waals surface area contributed by atoms with Gasteiger partial charge in [0.1, 0.15) is 10.4 Å². The van der Waals surface area contributed by atoms with Gasteiger partial charge in [-0.1, -0.05) is 17.7 Å². The van der Waals surface area contributed by atoms with Crippen LogP contribution in [-0.2, 0) is 0 Å². The summed E-state index contributed by atoms with van der Waals surface area (Å²) in [6.45, 7) is 0. The van der Waals surface area contributed by atoms with E-state index in [9.17, 15) is 5.11 Å². The number of halogens is 2. The molecule has 0 saturated carbocycles. The van der Waals surface area contributed by atoms with Crippen molar-refractivity contribution in [1.29, 1.82) is 0 Å². The van der Waals surface area contributed by atoms with Crippen LogP contribution in [0.4, 0.5) is 0 Å². The molecule has 1 nitrogen and oxygen atoms in total. The molecule has 0 aliphatic heterocycles. The summed E-state index contributed by atoms with van der Waals surface area (Å²) in [7, 11) is 0. The molecule has 2 rings (SSSR count). The molecule has 0 radical (unpaired) electrons. The molecule has 1 N–H and O–H groups in total. The molecule has 5 heteroatoms. The minimum atomic E-state index is -0.552. The number of hydrogen-bond donors (Lipinski definition) is 1. The lowest BCUT2D eigenvalue weighted by Crippen LogP contribution is -1.92. The van der Waals surface area contributed by atoms with Crippen molar-refractivity contribution in [2.45, 2.75) is 6.10 Å². The summed E-state index contributed by atoms with van der Waals surface area (Å²) in [5, 5.41) is 11.9.